The molecule has 7 nitrogen and oxygen atoms in total. The number of nitrogens with two attached hydrogens (primary N) is 1. The van der Waals surface area contributed by atoms with Crippen molar-refractivity contribution in [3.63, 3.8) is 0 Å². The molecule has 4 atom stereocenters. The van der Waals surface area contributed by atoms with E-state index in [-0.39, 0.29) is 12.1 Å². The van der Waals surface area contributed by atoms with Gasteiger partial charge in [0, 0.05) is 23.2 Å². The van der Waals surface area contributed by atoms with E-state index in [2.05, 4.69) is 25.5 Å². The number of nitrogens with one attached hydrogen (secondary N) is 2. The van der Waals surface area contributed by atoms with Crippen LogP contribution in [0.1, 0.15) is 25.7 Å². The predicted octanol–water partition coefficient (Wildman–Crippen LogP) is 2.56. The molecule has 0 aliphatic heterocycles. The summed E-state index contributed by atoms with van der Waals surface area (Å²) in [6, 6.07) is 8.39. The maximum Gasteiger partial charge on any atom is 0.222 e. The van der Waals surface area contributed by atoms with Gasteiger partial charge in [-0.2, -0.15) is 10.1 Å². The summed E-state index contributed by atoms with van der Waals surface area (Å²) < 4.78 is 0. The minimum atomic E-state index is -0.109. The average molecular weight is 350 g/mol. The summed E-state index contributed by atoms with van der Waals surface area (Å²) in [4.78, 5) is 8.86. The van der Waals surface area contributed by atoms with Crippen LogP contribution >= 0.6 is 0 Å². The fourth-order valence-electron chi connectivity index (χ4n) is 4.74. The molecule has 3 aromatic rings. The van der Waals surface area contributed by atoms with Gasteiger partial charge in [0.2, 0.25) is 5.95 Å². The van der Waals surface area contributed by atoms with Crippen molar-refractivity contribution in [2.45, 2.75) is 37.8 Å². The van der Waals surface area contributed by atoms with E-state index in [1.807, 2.05) is 24.3 Å². The zero-order valence-electron chi connectivity index (χ0n) is 14.4. The van der Waals surface area contributed by atoms with Crippen LogP contribution in [0.3, 0.4) is 0 Å². The Morgan fingerprint density at radius 2 is 1.88 bits per heavy atom. The molecule has 0 unspecified atom stereocenters. The molecule has 7 heteroatoms. The van der Waals surface area contributed by atoms with Crippen molar-refractivity contribution in [2.24, 2.45) is 11.8 Å². The van der Waals surface area contributed by atoms with Gasteiger partial charge in [0.25, 0.3) is 0 Å². The second-order valence-corrected chi connectivity index (χ2v) is 7.59. The first-order chi connectivity index (χ1) is 12.7. The van der Waals surface area contributed by atoms with E-state index in [4.69, 9.17) is 5.73 Å². The normalized spacial score (nSPS) is 27.7. The third-order valence-corrected chi connectivity index (χ3v) is 5.86. The van der Waals surface area contributed by atoms with E-state index in [0.29, 0.717) is 17.9 Å². The van der Waals surface area contributed by atoms with Crippen molar-refractivity contribution in [3.8, 4) is 11.3 Å². The lowest BCUT2D eigenvalue weighted by molar-refractivity contribution is 0.171. The molecular weight excluding hydrogens is 328 g/mol. The van der Waals surface area contributed by atoms with Gasteiger partial charge in [-0.15, -0.1) is 0 Å². The molecule has 2 aliphatic carbocycles. The summed E-state index contributed by atoms with van der Waals surface area (Å²) in [7, 11) is 0. The molecule has 134 valence electrons. The molecule has 0 spiro atoms. The van der Waals surface area contributed by atoms with Crippen LogP contribution in [0.15, 0.2) is 30.5 Å². The van der Waals surface area contributed by atoms with Gasteiger partial charge < -0.3 is 16.2 Å². The molecule has 2 aromatic heterocycles. The van der Waals surface area contributed by atoms with Crippen molar-refractivity contribution in [1.29, 1.82) is 0 Å². The Bertz CT molecular complexity index is 927. The van der Waals surface area contributed by atoms with E-state index in [9.17, 15) is 5.11 Å². The van der Waals surface area contributed by atoms with Crippen molar-refractivity contribution in [2.75, 3.05) is 11.1 Å². The molecule has 5 N–H and O–H groups in total. The second-order valence-electron chi connectivity index (χ2n) is 7.59. The van der Waals surface area contributed by atoms with Gasteiger partial charge >= 0.3 is 0 Å². The van der Waals surface area contributed by atoms with Gasteiger partial charge in [0.05, 0.1) is 17.3 Å². The number of fused-ring (bicyclic) bond motifs is 2. The highest BCUT2D eigenvalue weighted by molar-refractivity contribution is 5.92. The second kappa shape index (κ2) is 5.95. The highest BCUT2D eigenvalue weighted by Crippen LogP contribution is 2.45. The Balaban J connectivity index is 1.44. The zero-order chi connectivity index (χ0) is 17.7. The van der Waals surface area contributed by atoms with Crippen LogP contribution in [0.2, 0.25) is 0 Å². The van der Waals surface area contributed by atoms with Gasteiger partial charge in [-0.25, -0.2) is 4.98 Å². The quantitative estimate of drug-likeness (QED) is 0.577. The van der Waals surface area contributed by atoms with Gasteiger partial charge in [0.15, 0.2) is 0 Å². The van der Waals surface area contributed by atoms with Gasteiger partial charge in [-0.05, 0) is 55.7 Å². The van der Waals surface area contributed by atoms with Crippen LogP contribution in [-0.2, 0) is 0 Å². The topological polar surface area (TPSA) is 113 Å². The predicted molar refractivity (Wildman–Crippen MR) is 100 cm³/mol. The van der Waals surface area contributed by atoms with Crippen molar-refractivity contribution in [3.05, 3.63) is 30.5 Å². The lowest BCUT2D eigenvalue weighted by Gasteiger charge is -2.17. The third kappa shape index (κ3) is 2.68. The molecule has 5 rings (SSSR count). The number of nitrogens with zero attached hydrogens (tertiary/aromatic N) is 3. The van der Waals surface area contributed by atoms with E-state index in [0.717, 1.165) is 53.7 Å². The van der Waals surface area contributed by atoms with Crippen molar-refractivity contribution in [1.82, 2.24) is 20.2 Å². The summed E-state index contributed by atoms with van der Waals surface area (Å²) in [6.07, 6.45) is 5.65. The van der Waals surface area contributed by atoms with Crippen LogP contribution in [0, 0.1) is 11.8 Å². The molecule has 0 bridgehead atoms. The minimum Gasteiger partial charge on any atom is -0.393 e. The molecule has 0 radical (unpaired) electrons. The van der Waals surface area contributed by atoms with E-state index in [1.165, 1.54) is 0 Å². The molecule has 0 amide bonds. The van der Waals surface area contributed by atoms with Crippen LogP contribution < -0.4 is 11.1 Å². The lowest BCUT2D eigenvalue weighted by atomic mass is 10.0. The third-order valence-electron chi connectivity index (χ3n) is 5.86. The number of aliphatic hydroxyl groups excluding tert-OH is 1. The smallest absolute Gasteiger partial charge is 0.222 e. The Hall–Kier alpha value is -2.67. The number of nitrogen functional groups attached to an aromatic ring is 1. The van der Waals surface area contributed by atoms with Crippen LogP contribution in [0.25, 0.3) is 22.2 Å². The number of aromatic amines is 1. The van der Waals surface area contributed by atoms with Crippen molar-refractivity contribution < 1.29 is 5.11 Å². The highest BCUT2D eigenvalue weighted by Gasteiger charge is 2.41. The fraction of sp³-hybridized carbons (Fsp3) is 0.421. The molecule has 1 aromatic carbocycles. The number of rotatable bonds is 3. The number of H-pyrrole nitrogens is 1. The fourth-order valence-corrected chi connectivity index (χ4v) is 4.74. The largest absolute Gasteiger partial charge is 0.393 e. The van der Waals surface area contributed by atoms with Crippen LogP contribution in [-0.4, -0.2) is 37.4 Å². The summed E-state index contributed by atoms with van der Waals surface area (Å²) in [5.41, 5.74) is 8.74. The maximum absolute atomic E-state index is 9.83. The van der Waals surface area contributed by atoms with Gasteiger partial charge in [0.1, 0.15) is 5.82 Å². The summed E-state index contributed by atoms with van der Waals surface area (Å²) in [6.45, 7) is 0. The minimum absolute atomic E-state index is 0.109. The number of benzene rings is 1. The maximum atomic E-state index is 9.83. The van der Waals surface area contributed by atoms with Crippen LogP contribution in [0.4, 0.5) is 11.8 Å². The zero-order valence-corrected chi connectivity index (χ0v) is 14.4. The summed E-state index contributed by atoms with van der Waals surface area (Å²) in [5.74, 6) is 2.32. The lowest BCUT2D eigenvalue weighted by Crippen LogP contribution is -2.19. The molecule has 0 saturated heterocycles. The molecule has 2 fully saturated rings. The Morgan fingerprint density at radius 3 is 2.62 bits per heavy atom. The van der Waals surface area contributed by atoms with Crippen molar-refractivity contribution >= 4 is 22.7 Å². The molecule has 2 heterocycles. The molecule has 2 saturated carbocycles. The molecule has 2 aliphatic rings. The molecular formula is C19H22N6O. The molecule has 26 heavy (non-hydrogen) atoms. The number of aliphatic hydroxyl groups is 1. The first kappa shape index (κ1) is 15.6. The van der Waals surface area contributed by atoms with Gasteiger partial charge in [-0.1, -0.05) is 6.07 Å². The first-order valence-corrected chi connectivity index (χ1v) is 9.17. The Morgan fingerprint density at radius 1 is 1.08 bits per heavy atom. The SMILES string of the molecule is Nc1nc(N[C@@H]2C[C@H]3C[C@@H](O)C[C@H]3C2)c2ccc(-c3ccn[nH]3)cc2n1. The number of aromatic nitrogens is 4. The Kier molecular flexibility index (Phi) is 3.56. The first-order valence-electron chi connectivity index (χ1n) is 9.17. The van der Waals surface area contributed by atoms with Crippen LogP contribution in [0.5, 0.6) is 0 Å². The number of hydrogen-bond acceptors (Lipinski definition) is 6. The summed E-state index contributed by atoms with van der Waals surface area (Å²) >= 11 is 0. The summed E-state index contributed by atoms with van der Waals surface area (Å²) in [5, 5.41) is 21.4. The number of hydrogen-bond donors (Lipinski definition) is 4. The Labute approximate surface area is 151 Å². The highest BCUT2D eigenvalue weighted by atomic mass is 16.3. The van der Waals surface area contributed by atoms with E-state index >= 15 is 0 Å². The van der Waals surface area contributed by atoms with Gasteiger partial charge in [-0.3, -0.25) is 5.10 Å². The standard InChI is InChI=1S/C19H22N6O/c20-19-23-17-9-10(16-3-4-21-25-16)1-2-15(17)18(24-19)22-13-5-11-7-14(26)8-12(11)6-13/h1-4,9,11-14,26H,5-8H2,(H,21,25)(H3,20,22,23,24)/t11-,12+,13+,14+. The van der Waals surface area contributed by atoms with E-state index < -0.39 is 0 Å². The van der Waals surface area contributed by atoms with E-state index in [1.54, 1.807) is 6.20 Å². The number of anilines is 2. The monoisotopic (exact) mass is 350 g/mol. The average Bonchev–Trinajstić information content (AvgIpc) is 3.30.